The molecule has 0 fully saturated rings. The van der Waals surface area contributed by atoms with Gasteiger partial charge in [0.25, 0.3) is 0 Å². The summed E-state index contributed by atoms with van der Waals surface area (Å²) >= 11 is 0. The van der Waals surface area contributed by atoms with Crippen molar-refractivity contribution < 1.29 is 14.3 Å². The minimum Gasteiger partial charge on any atom is -0.468 e. The van der Waals surface area contributed by atoms with Crippen LogP contribution >= 0.6 is 0 Å². The highest BCUT2D eigenvalue weighted by Crippen LogP contribution is 2.34. The van der Waals surface area contributed by atoms with Crippen LogP contribution in [-0.2, 0) is 14.3 Å². The Balaban J connectivity index is 2.20. The van der Waals surface area contributed by atoms with Gasteiger partial charge in [0.2, 0.25) is 0 Å². The van der Waals surface area contributed by atoms with E-state index >= 15 is 0 Å². The number of benzene rings is 3. The number of ether oxygens (including phenoxy) is 2. The molecule has 0 aliphatic heterocycles. The van der Waals surface area contributed by atoms with Crippen molar-refractivity contribution >= 4 is 16.7 Å². The first-order chi connectivity index (χ1) is 11.8. The van der Waals surface area contributed by atoms with Gasteiger partial charge in [-0.05, 0) is 27.5 Å². The molecule has 0 saturated carbocycles. The number of carbonyl (C=O) groups is 1. The number of rotatable bonds is 5. The third-order valence-electron chi connectivity index (χ3n) is 4.24. The fraction of sp³-hybridized carbons (Fsp3) is 0.190. The molecule has 1 atom stereocenters. The molecule has 3 aromatic carbocycles. The normalized spacial score (nSPS) is 12.1. The Hall–Kier alpha value is -2.65. The first kappa shape index (κ1) is 16.2. The molecule has 3 heteroatoms. The lowest BCUT2D eigenvalue weighted by atomic mass is 9.88. The summed E-state index contributed by atoms with van der Waals surface area (Å²) in [4.78, 5) is 12.2. The van der Waals surface area contributed by atoms with Crippen molar-refractivity contribution in [1.82, 2.24) is 0 Å². The molecule has 122 valence electrons. The summed E-state index contributed by atoms with van der Waals surface area (Å²) in [6.45, 7) is 0.286. The highest BCUT2D eigenvalue weighted by atomic mass is 16.5. The van der Waals surface area contributed by atoms with Crippen LogP contribution in [0.2, 0.25) is 0 Å². The predicted molar refractivity (Wildman–Crippen MR) is 96.0 cm³/mol. The summed E-state index contributed by atoms with van der Waals surface area (Å²) in [7, 11) is 3.00. The van der Waals surface area contributed by atoms with E-state index in [-0.39, 0.29) is 12.6 Å². The van der Waals surface area contributed by atoms with E-state index in [2.05, 4.69) is 24.3 Å². The molecule has 0 heterocycles. The van der Waals surface area contributed by atoms with Crippen molar-refractivity contribution in [2.75, 3.05) is 20.8 Å². The van der Waals surface area contributed by atoms with Crippen LogP contribution in [-0.4, -0.2) is 26.8 Å². The Bertz CT molecular complexity index is 849. The zero-order chi connectivity index (χ0) is 16.9. The largest absolute Gasteiger partial charge is 0.468 e. The maximum absolute atomic E-state index is 12.2. The van der Waals surface area contributed by atoms with Crippen LogP contribution in [0, 0.1) is 0 Å². The molecule has 0 spiro atoms. The van der Waals surface area contributed by atoms with Gasteiger partial charge in [-0.2, -0.15) is 0 Å². The molecule has 3 nitrogen and oxygen atoms in total. The average Bonchev–Trinajstić information content (AvgIpc) is 2.65. The summed E-state index contributed by atoms with van der Waals surface area (Å²) in [6, 6.07) is 22.4. The molecule has 0 saturated heterocycles. The van der Waals surface area contributed by atoms with Crippen LogP contribution in [0.4, 0.5) is 0 Å². The lowest BCUT2D eigenvalue weighted by Gasteiger charge is -2.19. The van der Waals surface area contributed by atoms with E-state index in [0.717, 1.165) is 22.1 Å². The monoisotopic (exact) mass is 320 g/mol. The first-order valence-electron chi connectivity index (χ1n) is 7.90. The van der Waals surface area contributed by atoms with E-state index in [4.69, 9.17) is 9.47 Å². The average molecular weight is 320 g/mol. The molecule has 24 heavy (non-hydrogen) atoms. The third-order valence-corrected chi connectivity index (χ3v) is 4.24. The lowest BCUT2D eigenvalue weighted by Crippen LogP contribution is -2.19. The molecule has 3 aromatic rings. The van der Waals surface area contributed by atoms with Crippen LogP contribution < -0.4 is 0 Å². The van der Waals surface area contributed by atoms with E-state index in [1.165, 1.54) is 12.5 Å². The van der Waals surface area contributed by atoms with Gasteiger partial charge in [0.15, 0.2) is 0 Å². The predicted octanol–water partition coefficient (Wildman–Crippen LogP) is 4.41. The molecule has 0 bridgehead atoms. The highest BCUT2D eigenvalue weighted by molar-refractivity contribution is 5.98. The van der Waals surface area contributed by atoms with Gasteiger partial charge in [-0.1, -0.05) is 66.7 Å². The van der Waals surface area contributed by atoms with Gasteiger partial charge in [0.1, 0.15) is 5.92 Å². The van der Waals surface area contributed by atoms with Gasteiger partial charge in [-0.3, -0.25) is 4.79 Å². The van der Waals surface area contributed by atoms with Crippen molar-refractivity contribution in [2.24, 2.45) is 0 Å². The Kier molecular flexibility index (Phi) is 4.92. The maximum atomic E-state index is 12.2. The van der Waals surface area contributed by atoms with Gasteiger partial charge in [-0.15, -0.1) is 0 Å². The number of esters is 1. The first-order valence-corrected chi connectivity index (χ1v) is 7.90. The standard InChI is InChI=1S/C21H20O3/c1-23-14-20(21(22)24-2)19-12-6-5-11-18(19)17-13-7-9-15-8-3-4-10-16(15)17/h3-13,20H,14H2,1-2H3/t20-/m1/s1. The molecular formula is C21H20O3. The van der Waals surface area contributed by atoms with Gasteiger partial charge < -0.3 is 9.47 Å². The summed E-state index contributed by atoms with van der Waals surface area (Å²) in [5.41, 5.74) is 3.05. The summed E-state index contributed by atoms with van der Waals surface area (Å²) in [5, 5.41) is 2.33. The van der Waals surface area contributed by atoms with E-state index < -0.39 is 5.92 Å². The fourth-order valence-corrected chi connectivity index (χ4v) is 3.10. The number of fused-ring (bicyclic) bond motifs is 1. The lowest BCUT2D eigenvalue weighted by molar-refractivity contribution is -0.143. The molecule has 0 unspecified atom stereocenters. The van der Waals surface area contributed by atoms with Crippen LogP contribution in [0.15, 0.2) is 66.7 Å². The van der Waals surface area contributed by atoms with Gasteiger partial charge in [-0.25, -0.2) is 0 Å². The summed E-state index contributed by atoms with van der Waals surface area (Å²) in [6.07, 6.45) is 0. The van der Waals surface area contributed by atoms with Crippen LogP contribution in [0.3, 0.4) is 0 Å². The van der Waals surface area contributed by atoms with Crippen molar-refractivity contribution in [2.45, 2.75) is 5.92 Å². The van der Waals surface area contributed by atoms with Crippen molar-refractivity contribution in [3.05, 3.63) is 72.3 Å². The number of carbonyl (C=O) groups excluding carboxylic acids is 1. The minimum absolute atomic E-state index is 0.286. The molecule has 3 rings (SSSR count). The molecule has 0 radical (unpaired) electrons. The summed E-state index contributed by atoms with van der Waals surface area (Å²) < 4.78 is 10.2. The van der Waals surface area contributed by atoms with E-state index in [1.807, 2.05) is 42.5 Å². The molecule has 0 amide bonds. The zero-order valence-corrected chi connectivity index (χ0v) is 13.9. The van der Waals surface area contributed by atoms with Crippen LogP contribution in [0.5, 0.6) is 0 Å². The maximum Gasteiger partial charge on any atom is 0.315 e. The van der Waals surface area contributed by atoms with Crippen molar-refractivity contribution in [3.8, 4) is 11.1 Å². The summed E-state index contributed by atoms with van der Waals surface area (Å²) in [5.74, 6) is -0.736. The van der Waals surface area contributed by atoms with Crippen molar-refractivity contribution in [1.29, 1.82) is 0 Å². The second-order valence-corrected chi connectivity index (χ2v) is 5.65. The molecule has 0 aliphatic carbocycles. The van der Waals surface area contributed by atoms with E-state index in [9.17, 15) is 4.79 Å². The quantitative estimate of drug-likeness (QED) is 0.653. The second-order valence-electron chi connectivity index (χ2n) is 5.65. The second kappa shape index (κ2) is 7.28. The Morgan fingerprint density at radius 2 is 1.54 bits per heavy atom. The minimum atomic E-state index is -0.449. The number of hydrogen-bond donors (Lipinski definition) is 0. The van der Waals surface area contributed by atoms with Gasteiger partial charge >= 0.3 is 5.97 Å². The smallest absolute Gasteiger partial charge is 0.315 e. The molecule has 0 aliphatic rings. The fourth-order valence-electron chi connectivity index (χ4n) is 3.10. The zero-order valence-electron chi connectivity index (χ0n) is 13.9. The third kappa shape index (κ3) is 3.03. The van der Waals surface area contributed by atoms with E-state index in [1.54, 1.807) is 7.11 Å². The Morgan fingerprint density at radius 1 is 0.875 bits per heavy atom. The Labute approximate surface area is 141 Å². The van der Waals surface area contributed by atoms with Gasteiger partial charge in [0.05, 0.1) is 13.7 Å². The van der Waals surface area contributed by atoms with Crippen LogP contribution in [0.25, 0.3) is 21.9 Å². The molecule has 0 N–H and O–H groups in total. The highest BCUT2D eigenvalue weighted by Gasteiger charge is 2.24. The topological polar surface area (TPSA) is 35.5 Å². The SMILES string of the molecule is COC[C@@H](C(=O)OC)c1ccccc1-c1cccc2ccccc12. The van der Waals surface area contributed by atoms with Crippen LogP contribution in [0.1, 0.15) is 11.5 Å². The Morgan fingerprint density at radius 3 is 2.33 bits per heavy atom. The number of hydrogen-bond acceptors (Lipinski definition) is 3. The molecular weight excluding hydrogens is 300 g/mol. The molecule has 0 aromatic heterocycles. The van der Waals surface area contributed by atoms with Crippen molar-refractivity contribution in [3.63, 3.8) is 0 Å². The number of methoxy groups -OCH3 is 2. The van der Waals surface area contributed by atoms with E-state index in [0.29, 0.717) is 0 Å². The van der Waals surface area contributed by atoms with Gasteiger partial charge in [0, 0.05) is 7.11 Å².